The van der Waals surface area contributed by atoms with Gasteiger partial charge in [0.05, 0.1) is 5.69 Å². The van der Waals surface area contributed by atoms with Gasteiger partial charge in [-0.25, -0.2) is 9.78 Å². The molecule has 0 radical (unpaired) electrons. The predicted molar refractivity (Wildman–Crippen MR) is 58.3 cm³/mol. The van der Waals surface area contributed by atoms with Crippen molar-refractivity contribution in [2.75, 3.05) is 0 Å². The molecule has 5 heteroatoms. The maximum atomic E-state index is 11.0. The molecule has 0 saturated heterocycles. The van der Waals surface area contributed by atoms with Gasteiger partial charge in [-0.1, -0.05) is 20.8 Å². The van der Waals surface area contributed by atoms with E-state index in [4.69, 9.17) is 10.4 Å². The Balaban J connectivity index is 3.41. The summed E-state index contributed by atoms with van der Waals surface area (Å²) in [6.07, 6.45) is 0.767. The van der Waals surface area contributed by atoms with Crippen LogP contribution < -0.4 is 0 Å². The molecule has 0 unspecified atom stereocenters. The molecule has 0 spiro atoms. The molecule has 0 atom stereocenters. The fourth-order valence-electron chi connectivity index (χ4n) is 1.60. The van der Waals surface area contributed by atoms with Crippen LogP contribution in [0.5, 0.6) is 0 Å². The highest BCUT2D eigenvalue weighted by molar-refractivity contribution is 5.84. The number of hydrogen-bond donors (Lipinski definition) is 1. The van der Waals surface area contributed by atoms with Crippen LogP contribution in [0.1, 0.15) is 55.1 Å². The van der Waals surface area contributed by atoms with Crippen LogP contribution in [0.3, 0.4) is 0 Å². The van der Waals surface area contributed by atoms with E-state index in [1.165, 1.54) is 4.57 Å². The van der Waals surface area contributed by atoms with Gasteiger partial charge >= 0.3 is 5.97 Å². The van der Waals surface area contributed by atoms with Crippen LogP contribution in [-0.4, -0.2) is 20.6 Å². The third-order valence-corrected chi connectivity index (χ3v) is 2.29. The van der Waals surface area contributed by atoms with Crippen molar-refractivity contribution >= 4 is 5.97 Å². The standard InChI is InChI=1S/C11H15N3O2/c1-4-5-14-8(6-12)9(7(2)3)13-10(14)11(15)16/h7H,4-5H2,1-3H3,(H,15,16). The van der Waals surface area contributed by atoms with Gasteiger partial charge in [-0.2, -0.15) is 5.26 Å². The fourth-order valence-corrected chi connectivity index (χ4v) is 1.60. The molecule has 1 aromatic rings. The minimum atomic E-state index is -1.09. The van der Waals surface area contributed by atoms with E-state index in [-0.39, 0.29) is 11.7 Å². The molecule has 1 aromatic heterocycles. The molecule has 16 heavy (non-hydrogen) atoms. The van der Waals surface area contributed by atoms with Crippen LogP contribution in [0, 0.1) is 11.3 Å². The molecule has 0 aromatic carbocycles. The molecule has 1 heterocycles. The van der Waals surface area contributed by atoms with Gasteiger partial charge in [-0.05, 0) is 12.3 Å². The lowest BCUT2D eigenvalue weighted by atomic mass is 10.1. The van der Waals surface area contributed by atoms with E-state index in [0.29, 0.717) is 17.9 Å². The van der Waals surface area contributed by atoms with Gasteiger partial charge in [-0.15, -0.1) is 0 Å². The number of imidazole rings is 1. The zero-order valence-corrected chi connectivity index (χ0v) is 9.69. The minimum absolute atomic E-state index is 0.0397. The van der Waals surface area contributed by atoms with Crippen LogP contribution in [0.25, 0.3) is 0 Å². The van der Waals surface area contributed by atoms with Gasteiger partial charge in [0.25, 0.3) is 0 Å². The lowest BCUT2D eigenvalue weighted by Gasteiger charge is -2.04. The molecule has 0 saturated carbocycles. The monoisotopic (exact) mass is 221 g/mol. The van der Waals surface area contributed by atoms with Crippen molar-refractivity contribution in [1.29, 1.82) is 5.26 Å². The average molecular weight is 221 g/mol. The van der Waals surface area contributed by atoms with Crippen LogP contribution in [0.4, 0.5) is 0 Å². The second-order valence-corrected chi connectivity index (χ2v) is 3.89. The molecule has 5 nitrogen and oxygen atoms in total. The van der Waals surface area contributed by atoms with Gasteiger partial charge in [0.15, 0.2) is 0 Å². The zero-order chi connectivity index (χ0) is 12.3. The lowest BCUT2D eigenvalue weighted by Crippen LogP contribution is -2.11. The van der Waals surface area contributed by atoms with Crippen LogP contribution >= 0.6 is 0 Å². The van der Waals surface area contributed by atoms with E-state index in [2.05, 4.69) is 4.98 Å². The topological polar surface area (TPSA) is 78.9 Å². The van der Waals surface area contributed by atoms with E-state index in [9.17, 15) is 4.79 Å². The van der Waals surface area contributed by atoms with Crippen molar-refractivity contribution < 1.29 is 9.90 Å². The molecular formula is C11H15N3O2. The molecule has 0 aliphatic rings. The summed E-state index contributed by atoms with van der Waals surface area (Å²) in [6, 6.07) is 2.04. The first-order chi connectivity index (χ1) is 7.52. The Morgan fingerprint density at radius 3 is 2.62 bits per heavy atom. The summed E-state index contributed by atoms with van der Waals surface area (Å²) in [5.41, 5.74) is 0.933. The highest BCUT2D eigenvalue weighted by Gasteiger charge is 2.22. The van der Waals surface area contributed by atoms with Crippen molar-refractivity contribution in [3.8, 4) is 6.07 Å². The summed E-state index contributed by atoms with van der Waals surface area (Å²) in [6.45, 7) is 6.22. The predicted octanol–water partition coefficient (Wildman–Crippen LogP) is 1.99. The fraction of sp³-hybridized carbons (Fsp3) is 0.545. The number of nitrogens with zero attached hydrogens (tertiary/aromatic N) is 3. The second kappa shape index (κ2) is 4.79. The Morgan fingerprint density at radius 1 is 1.62 bits per heavy atom. The maximum absolute atomic E-state index is 11.0. The van der Waals surface area contributed by atoms with Gasteiger partial charge in [0.1, 0.15) is 11.8 Å². The van der Waals surface area contributed by atoms with Crippen molar-refractivity contribution in [2.24, 2.45) is 0 Å². The summed E-state index contributed by atoms with van der Waals surface area (Å²) in [5.74, 6) is -1.08. The van der Waals surface area contributed by atoms with Crippen molar-refractivity contribution in [1.82, 2.24) is 9.55 Å². The molecule has 1 rings (SSSR count). The van der Waals surface area contributed by atoms with Crippen molar-refractivity contribution in [3.05, 3.63) is 17.2 Å². The summed E-state index contributed by atoms with van der Waals surface area (Å²) in [4.78, 5) is 15.0. The Labute approximate surface area is 94.3 Å². The zero-order valence-electron chi connectivity index (χ0n) is 9.69. The molecule has 0 bridgehead atoms. The van der Waals surface area contributed by atoms with E-state index in [0.717, 1.165) is 6.42 Å². The highest BCUT2D eigenvalue weighted by Crippen LogP contribution is 2.20. The second-order valence-electron chi connectivity index (χ2n) is 3.89. The van der Waals surface area contributed by atoms with Gasteiger partial charge < -0.3 is 9.67 Å². The maximum Gasteiger partial charge on any atom is 0.372 e. The minimum Gasteiger partial charge on any atom is -0.475 e. The third kappa shape index (κ3) is 2.06. The summed E-state index contributed by atoms with van der Waals surface area (Å²) in [7, 11) is 0. The molecule has 0 aliphatic heterocycles. The molecule has 0 fully saturated rings. The number of carboxylic acid groups (broad SMARTS) is 1. The number of rotatable bonds is 4. The van der Waals surface area contributed by atoms with Crippen molar-refractivity contribution in [2.45, 2.75) is 39.7 Å². The summed E-state index contributed by atoms with van der Waals surface area (Å²) in [5, 5.41) is 18.1. The van der Waals surface area contributed by atoms with Gasteiger partial charge in [0.2, 0.25) is 5.82 Å². The Morgan fingerprint density at radius 2 is 2.25 bits per heavy atom. The number of nitriles is 1. The molecule has 0 aliphatic carbocycles. The number of carboxylic acids is 1. The number of aromatic carboxylic acids is 1. The number of hydrogen-bond acceptors (Lipinski definition) is 3. The Bertz CT molecular complexity index is 441. The van der Waals surface area contributed by atoms with Crippen LogP contribution in [0.15, 0.2) is 0 Å². The molecule has 1 N–H and O–H groups in total. The number of carbonyl (C=O) groups is 1. The third-order valence-electron chi connectivity index (χ3n) is 2.29. The van der Waals surface area contributed by atoms with E-state index in [1.54, 1.807) is 0 Å². The van der Waals surface area contributed by atoms with Crippen LogP contribution in [0.2, 0.25) is 0 Å². The summed E-state index contributed by atoms with van der Waals surface area (Å²) < 4.78 is 1.48. The first kappa shape index (κ1) is 12.2. The SMILES string of the molecule is CCCn1c(C(=O)O)nc(C(C)C)c1C#N. The van der Waals surface area contributed by atoms with E-state index >= 15 is 0 Å². The van der Waals surface area contributed by atoms with E-state index in [1.807, 2.05) is 26.8 Å². The first-order valence-electron chi connectivity index (χ1n) is 5.26. The van der Waals surface area contributed by atoms with E-state index < -0.39 is 5.97 Å². The van der Waals surface area contributed by atoms with Crippen LogP contribution in [-0.2, 0) is 6.54 Å². The smallest absolute Gasteiger partial charge is 0.372 e. The number of aromatic nitrogens is 2. The highest BCUT2D eigenvalue weighted by atomic mass is 16.4. The van der Waals surface area contributed by atoms with Gasteiger partial charge in [0, 0.05) is 6.54 Å². The van der Waals surface area contributed by atoms with Gasteiger partial charge in [-0.3, -0.25) is 0 Å². The molecule has 0 amide bonds. The quantitative estimate of drug-likeness (QED) is 0.843. The summed E-state index contributed by atoms with van der Waals surface area (Å²) >= 11 is 0. The normalized spacial score (nSPS) is 10.4. The Hall–Kier alpha value is -1.83. The molecular weight excluding hydrogens is 206 g/mol. The molecule has 86 valence electrons. The Kier molecular flexibility index (Phi) is 3.67. The van der Waals surface area contributed by atoms with Crippen molar-refractivity contribution in [3.63, 3.8) is 0 Å². The largest absolute Gasteiger partial charge is 0.475 e. The first-order valence-corrected chi connectivity index (χ1v) is 5.26. The lowest BCUT2D eigenvalue weighted by molar-refractivity contribution is 0.0678. The average Bonchev–Trinajstić information content (AvgIpc) is 2.57.